The molecule has 1 rings (SSSR count). The van der Waals surface area contributed by atoms with E-state index in [-0.39, 0.29) is 0 Å². The molecule has 3 heteroatoms. The maximum absolute atomic E-state index is 5.59. The largest absolute Gasteiger partial charge is 0.494 e. The molecular weight excluding hydrogens is 226 g/mol. The molecule has 0 atom stereocenters. The first kappa shape index (κ1) is 15.0. The number of nitrogens with one attached hydrogen (secondary N) is 1. The van der Waals surface area contributed by atoms with Crippen LogP contribution in [-0.2, 0) is 11.3 Å². The lowest BCUT2D eigenvalue weighted by molar-refractivity contribution is 0.192. The maximum Gasteiger partial charge on any atom is 0.123 e. The van der Waals surface area contributed by atoms with Crippen LogP contribution in [0.4, 0.5) is 0 Å². The molecule has 0 saturated heterocycles. The fourth-order valence-electron chi connectivity index (χ4n) is 1.84. The summed E-state index contributed by atoms with van der Waals surface area (Å²) in [5.41, 5.74) is 1.23. The second kappa shape index (κ2) is 9.92. The minimum Gasteiger partial charge on any atom is -0.494 e. The average Bonchev–Trinajstić information content (AvgIpc) is 2.40. The second-order valence-electron chi connectivity index (χ2n) is 4.27. The topological polar surface area (TPSA) is 30.5 Å². The van der Waals surface area contributed by atoms with E-state index in [1.54, 1.807) is 7.11 Å². The van der Waals surface area contributed by atoms with Gasteiger partial charge < -0.3 is 14.8 Å². The van der Waals surface area contributed by atoms with Gasteiger partial charge in [-0.3, -0.25) is 0 Å². The van der Waals surface area contributed by atoms with E-state index in [1.807, 2.05) is 19.1 Å². The monoisotopic (exact) mass is 251 g/mol. The molecule has 1 aromatic carbocycles. The predicted molar refractivity (Wildman–Crippen MR) is 75.0 cm³/mol. The van der Waals surface area contributed by atoms with E-state index in [1.165, 1.54) is 18.4 Å². The Morgan fingerprint density at radius 2 is 1.94 bits per heavy atom. The Morgan fingerprint density at radius 1 is 1.11 bits per heavy atom. The standard InChI is InChI=1S/C15H25NO2/c1-3-18-15-10-6-5-9-14(15)13-16-11-7-4-8-12-17-2/h5-6,9-10,16H,3-4,7-8,11-13H2,1-2H3. The molecule has 0 aliphatic heterocycles. The molecule has 0 spiro atoms. The molecule has 0 bridgehead atoms. The third-order valence-corrected chi connectivity index (χ3v) is 2.79. The fourth-order valence-corrected chi connectivity index (χ4v) is 1.84. The summed E-state index contributed by atoms with van der Waals surface area (Å²) in [6.07, 6.45) is 3.56. The minimum atomic E-state index is 0.716. The molecule has 0 radical (unpaired) electrons. The van der Waals surface area contributed by atoms with E-state index in [0.29, 0.717) is 6.61 Å². The van der Waals surface area contributed by atoms with Crippen molar-refractivity contribution in [3.05, 3.63) is 29.8 Å². The van der Waals surface area contributed by atoms with Gasteiger partial charge in [-0.25, -0.2) is 0 Å². The molecule has 0 unspecified atom stereocenters. The van der Waals surface area contributed by atoms with Gasteiger partial charge in [0.1, 0.15) is 5.75 Å². The first-order valence-corrected chi connectivity index (χ1v) is 6.78. The lowest BCUT2D eigenvalue weighted by Gasteiger charge is -2.10. The molecule has 1 aromatic rings. The van der Waals surface area contributed by atoms with Gasteiger partial charge in [0.2, 0.25) is 0 Å². The van der Waals surface area contributed by atoms with Crippen LogP contribution in [0, 0.1) is 0 Å². The van der Waals surface area contributed by atoms with Crippen LogP contribution >= 0.6 is 0 Å². The van der Waals surface area contributed by atoms with Crippen LogP contribution in [0.25, 0.3) is 0 Å². The highest BCUT2D eigenvalue weighted by atomic mass is 16.5. The van der Waals surface area contributed by atoms with E-state index in [0.717, 1.165) is 31.9 Å². The van der Waals surface area contributed by atoms with Crippen LogP contribution in [0.2, 0.25) is 0 Å². The minimum absolute atomic E-state index is 0.716. The van der Waals surface area contributed by atoms with Crippen molar-refractivity contribution in [2.75, 3.05) is 26.9 Å². The lowest BCUT2D eigenvalue weighted by atomic mass is 10.2. The summed E-state index contributed by atoms with van der Waals surface area (Å²) in [6, 6.07) is 8.21. The van der Waals surface area contributed by atoms with Crippen LogP contribution in [0.15, 0.2) is 24.3 Å². The number of unbranched alkanes of at least 4 members (excludes halogenated alkanes) is 2. The van der Waals surface area contributed by atoms with Crippen molar-refractivity contribution >= 4 is 0 Å². The molecule has 1 N–H and O–H groups in total. The zero-order chi connectivity index (χ0) is 13.1. The van der Waals surface area contributed by atoms with Gasteiger partial charge >= 0.3 is 0 Å². The molecule has 0 heterocycles. The molecule has 0 aromatic heterocycles. The fraction of sp³-hybridized carbons (Fsp3) is 0.600. The second-order valence-corrected chi connectivity index (χ2v) is 4.27. The summed E-state index contributed by atoms with van der Waals surface area (Å²) < 4.78 is 10.6. The van der Waals surface area contributed by atoms with E-state index in [2.05, 4.69) is 17.4 Å². The number of ether oxygens (including phenoxy) is 2. The molecule has 0 fully saturated rings. The van der Waals surface area contributed by atoms with E-state index in [9.17, 15) is 0 Å². The highest BCUT2D eigenvalue weighted by Crippen LogP contribution is 2.17. The Hall–Kier alpha value is -1.06. The molecule has 0 aliphatic rings. The smallest absolute Gasteiger partial charge is 0.123 e. The molecule has 0 amide bonds. The van der Waals surface area contributed by atoms with Crippen LogP contribution in [0.3, 0.4) is 0 Å². The van der Waals surface area contributed by atoms with Crippen molar-refractivity contribution in [1.82, 2.24) is 5.32 Å². The number of benzene rings is 1. The van der Waals surface area contributed by atoms with Crippen LogP contribution in [0.1, 0.15) is 31.7 Å². The quantitative estimate of drug-likeness (QED) is 0.648. The third kappa shape index (κ3) is 6.03. The first-order chi connectivity index (χ1) is 8.88. The molecule has 3 nitrogen and oxygen atoms in total. The Morgan fingerprint density at radius 3 is 2.72 bits per heavy atom. The van der Waals surface area contributed by atoms with Crippen molar-refractivity contribution in [3.8, 4) is 5.75 Å². The number of methoxy groups -OCH3 is 1. The molecule has 102 valence electrons. The Kier molecular flexibility index (Phi) is 8.26. The zero-order valence-electron chi connectivity index (χ0n) is 11.6. The number of hydrogen-bond acceptors (Lipinski definition) is 3. The third-order valence-electron chi connectivity index (χ3n) is 2.79. The van der Waals surface area contributed by atoms with Crippen LogP contribution in [0.5, 0.6) is 5.75 Å². The molecular formula is C15H25NO2. The lowest BCUT2D eigenvalue weighted by Crippen LogP contribution is -2.15. The van der Waals surface area contributed by atoms with Gasteiger partial charge in [-0.2, -0.15) is 0 Å². The average molecular weight is 251 g/mol. The normalized spacial score (nSPS) is 10.6. The summed E-state index contributed by atoms with van der Waals surface area (Å²) in [7, 11) is 1.75. The van der Waals surface area contributed by atoms with Crippen LogP contribution < -0.4 is 10.1 Å². The predicted octanol–water partition coefficient (Wildman–Crippen LogP) is 2.99. The summed E-state index contributed by atoms with van der Waals surface area (Å²) in [5.74, 6) is 0.992. The number of hydrogen-bond donors (Lipinski definition) is 1. The number of para-hydroxylation sites is 1. The van der Waals surface area contributed by atoms with E-state index >= 15 is 0 Å². The van der Waals surface area contributed by atoms with Crippen molar-refractivity contribution in [2.45, 2.75) is 32.7 Å². The van der Waals surface area contributed by atoms with Gasteiger partial charge in [-0.1, -0.05) is 18.2 Å². The SMILES string of the molecule is CCOc1ccccc1CNCCCCCOC. The maximum atomic E-state index is 5.59. The van der Waals surface area contributed by atoms with Gasteiger partial charge in [-0.15, -0.1) is 0 Å². The first-order valence-electron chi connectivity index (χ1n) is 6.78. The van der Waals surface area contributed by atoms with Crippen LogP contribution in [-0.4, -0.2) is 26.9 Å². The molecule has 18 heavy (non-hydrogen) atoms. The molecule has 0 aliphatic carbocycles. The van der Waals surface area contributed by atoms with E-state index < -0.39 is 0 Å². The van der Waals surface area contributed by atoms with Crippen molar-refractivity contribution in [3.63, 3.8) is 0 Å². The van der Waals surface area contributed by atoms with Crippen molar-refractivity contribution < 1.29 is 9.47 Å². The Balaban J connectivity index is 2.18. The summed E-state index contributed by atoms with van der Waals surface area (Å²) in [5, 5.41) is 3.46. The van der Waals surface area contributed by atoms with Crippen molar-refractivity contribution in [1.29, 1.82) is 0 Å². The highest BCUT2D eigenvalue weighted by Gasteiger charge is 2.01. The van der Waals surface area contributed by atoms with Gasteiger partial charge in [0.05, 0.1) is 6.61 Å². The van der Waals surface area contributed by atoms with Gasteiger partial charge in [0.25, 0.3) is 0 Å². The van der Waals surface area contributed by atoms with E-state index in [4.69, 9.17) is 9.47 Å². The molecule has 0 saturated carbocycles. The Bertz CT molecular complexity index is 315. The van der Waals surface area contributed by atoms with Crippen molar-refractivity contribution in [2.24, 2.45) is 0 Å². The van der Waals surface area contributed by atoms with Gasteiger partial charge in [0, 0.05) is 25.8 Å². The zero-order valence-corrected chi connectivity index (χ0v) is 11.6. The summed E-state index contributed by atoms with van der Waals surface area (Å²) in [4.78, 5) is 0. The summed E-state index contributed by atoms with van der Waals surface area (Å²) in [6.45, 7) is 5.52. The summed E-state index contributed by atoms with van der Waals surface area (Å²) >= 11 is 0. The highest BCUT2D eigenvalue weighted by molar-refractivity contribution is 5.33. The Labute approximate surface area is 110 Å². The number of rotatable bonds is 10. The van der Waals surface area contributed by atoms with Gasteiger partial charge in [-0.05, 0) is 38.8 Å². The van der Waals surface area contributed by atoms with Gasteiger partial charge in [0.15, 0.2) is 0 Å².